The molecule has 0 fully saturated rings. The van der Waals surface area contributed by atoms with Crippen LogP contribution in [0.5, 0.6) is 0 Å². The van der Waals surface area contributed by atoms with E-state index in [9.17, 15) is 13.6 Å². The molecule has 0 amide bonds. The number of carboxylic acids is 1. The lowest BCUT2D eigenvalue weighted by atomic mass is 10.3. The van der Waals surface area contributed by atoms with E-state index in [4.69, 9.17) is 5.11 Å². The quantitative estimate of drug-likeness (QED) is 0.866. The third-order valence-corrected chi connectivity index (χ3v) is 3.03. The average Bonchev–Trinajstić information content (AvgIpc) is 2.81. The maximum atomic E-state index is 13.5. The molecular weight excluding hydrogens is 338 g/mol. The van der Waals surface area contributed by atoms with Gasteiger partial charge in [-0.3, -0.25) is 0 Å². The van der Waals surface area contributed by atoms with Gasteiger partial charge in [0.05, 0.1) is 18.4 Å². The van der Waals surface area contributed by atoms with Crippen molar-refractivity contribution in [3.63, 3.8) is 0 Å². The van der Waals surface area contributed by atoms with Gasteiger partial charge in [0.2, 0.25) is 0 Å². The van der Waals surface area contributed by atoms with E-state index >= 15 is 0 Å². The Morgan fingerprint density at radius 1 is 1.45 bits per heavy atom. The lowest BCUT2D eigenvalue weighted by molar-refractivity contribution is 0.0690. The third-order valence-electron chi connectivity index (χ3n) is 2.41. The van der Waals surface area contributed by atoms with Crippen LogP contribution >= 0.6 is 15.9 Å². The summed E-state index contributed by atoms with van der Waals surface area (Å²) < 4.78 is 28.0. The fraction of sp³-hybridized carbons (Fsp3) is 0.182. The number of aromatic carboxylic acids is 1. The van der Waals surface area contributed by atoms with Gasteiger partial charge in [0.15, 0.2) is 5.69 Å². The van der Waals surface area contributed by atoms with E-state index < -0.39 is 17.6 Å². The van der Waals surface area contributed by atoms with Crippen molar-refractivity contribution in [2.24, 2.45) is 0 Å². The van der Waals surface area contributed by atoms with Crippen molar-refractivity contribution in [1.82, 2.24) is 15.0 Å². The Labute approximate surface area is 120 Å². The predicted molar refractivity (Wildman–Crippen MR) is 69.5 cm³/mol. The summed E-state index contributed by atoms with van der Waals surface area (Å²) in [6, 6.07) is 1.91. The lowest BCUT2D eigenvalue weighted by Crippen LogP contribution is -2.12. The van der Waals surface area contributed by atoms with Gasteiger partial charge in [-0.2, -0.15) is 0 Å². The van der Waals surface area contributed by atoms with Crippen molar-refractivity contribution in [2.45, 2.75) is 6.54 Å². The molecule has 0 bridgehead atoms. The van der Waals surface area contributed by atoms with Gasteiger partial charge in [-0.15, -0.1) is 5.10 Å². The van der Waals surface area contributed by atoms with Gasteiger partial charge in [0.25, 0.3) is 0 Å². The first kappa shape index (κ1) is 14.4. The second kappa shape index (κ2) is 5.95. The Hall–Kier alpha value is -2.03. The van der Waals surface area contributed by atoms with Crippen LogP contribution in [0.2, 0.25) is 0 Å². The van der Waals surface area contributed by atoms with Crippen molar-refractivity contribution >= 4 is 27.6 Å². The molecule has 2 rings (SSSR count). The van der Waals surface area contributed by atoms with E-state index in [1.165, 1.54) is 10.9 Å². The Kier molecular flexibility index (Phi) is 4.28. The number of nitrogens with zero attached hydrogens (tertiary/aromatic N) is 3. The van der Waals surface area contributed by atoms with Crippen LogP contribution in [0.4, 0.5) is 14.5 Å². The van der Waals surface area contributed by atoms with Crippen molar-refractivity contribution in [2.75, 3.05) is 11.9 Å². The van der Waals surface area contributed by atoms with Crippen LogP contribution in [-0.4, -0.2) is 32.6 Å². The van der Waals surface area contributed by atoms with Crippen LogP contribution in [0.1, 0.15) is 10.5 Å². The topological polar surface area (TPSA) is 80.0 Å². The number of nitrogens with one attached hydrogen (secondary N) is 1. The molecule has 9 heteroatoms. The van der Waals surface area contributed by atoms with Crippen LogP contribution in [0.3, 0.4) is 0 Å². The molecule has 0 aliphatic carbocycles. The van der Waals surface area contributed by atoms with Gasteiger partial charge >= 0.3 is 5.97 Å². The number of aromatic nitrogens is 3. The minimum Gasteiger partial charge on any atom is -0.476 e. The zero-order valence-electron chi connectivity index (χ0n) is 9.98. The first-order valence-corrected chi connectivity index (χ1v) is 6.28. The highest BCUT2D eigenvalue weighted by molar-refractivity contribution is 9.10. The summed E-state index contributed by atoms with van der Waals surface area (Å²) in [6.07, 6.45) is 1.26. The Morgan fingerprint density at radius 3 is 2.80 bits per heavy atom. The predicted octanol–water partition coefficient (Wildman–Crippen LogP) is 2.13. The SMILES string of the molecule is O=C(O)c1cn(CCNc2c(F)cc(F)cc2Br)nn1. The minimum atomic E-state index is -1.17. The summed E-state index contributed by atoms with van der Waals surface area (Å²) >= 11 is 3.05. The molecule has 2 aromatic rings. The molecule has 0 saturated carbocycles. The Morgan fingerprint density at radius 2 is 2.20 bits per heavy atom. The largest absolute Gasteiger partial charge is 0.476 e. The van der Waals surface area contributed by atoms with E-state index in [0.29, 0.717) is 0 Å². The summed E-state index contributed by atoms with van der Waals surface area (Å²) in [5.74, 6) is -2.57. The molecule has 0 aliphatic rings. The summed E-state index contributed by atoms with van der Waals surface area (Å²) in [5.41, 5.74) is -0.0379. The van der Waals surface area contributed by atoms with Gasteiger partial charge in [-0.25, -0.2) is 18.3 Å². The first-order valence-electron chi connectivity index (χ1n) is 5.49. The molecule has 0 atom stereocenters. The van der Waals surface area contributed by atoms with E-state index in [-0.39, 0.29) is 28.9 Å². The lowest BCUT2D eigenvalue weighted by Gasteiger charge is -2.09. The van der Waals surface area contributed by atoms with Crippen LogP contribution in [0.15, 0.2) is 22.8 Å². The zero-order chi connectivity index (χ0) is 14.7. The summed E-state index contributed by atoms with van der Waals surface area (Å²) in [5, 5.41) is 18.5. The van der Waals surface area contributed by atoms with Crippen LogP contribution in [-0.2, 0) is 6.54 Å². The monoisotopic (exact) mass is 346 g/mol. The fourth-order valence-corrected chi connectivity index (χ4v) is 2.06. The van der Waals surface area contributed by atoms with Gasteiger partial charge in [-0.1, -0.05) is 5.21 Å². The Balaban J connectivity index is 1.97. The number of rotatable bonds is 5. The average molecular weight is 347 g/mol. The molecule has 2 N–H and O–H groups in total. The highest BCUT2D eigenvalue weighted by Crippen LogP contribution is 2.26. The maximum absolute atomic E-state index is 13.5. The van der Waals surface area contributed by atoms with Crippen LogP contribution < -0.4 is 5.32 Å². The highest BCUT2D eigenvalue weighted by atomic mass is 79.9. The van der Waals surface area contributed by atoms with E-state index in [1.807, 2.05) is 0 Å². The molecule has 0 unspecified atom stereocenters. The number of carbonyl (C=O) groups is 1. The van der Waals surface area contributed by atoms with Crippen molar-refractivity contribution < 1.29 is 18.7 Å². The molecule has 1 aromatic carbocycles. The Bertz CT molecular complexity index is 624. The van der Waals surface area contributed by atoms with Gasteiger partial charge in [-0.05, 0) is 22.0 Å². The molecule has 1 aromatic heterocycles. The molecule has 20 heavy (non-hydrogen) atoms. The second-order valence-electron chi connectivity index (χ2n) is 3.84. The first-order chi connectivity index (χ1) is 9.47. The number of halogens is 3. The maximum Gasteiger partial charge on any atom is 0.358 e. The number of hydrogen-bond donors (Lipinski definition) is 2. The van der Waals surface area contributed by atoms with Crippen molar-refractivity contribution in [3.05, 3.63) is 40.1 Å². The van der Waals surface area contributed by atoms with Gasteiger partial charge in [0, 0.05) is 17.1 Å². The zero-order valence-corrected chi connectivity index (χ0v) is 11.6. The number of carboxylic acid groups (broad SMARTS) is 1. The van der Waals surface area contributed by atoms with E-state index in [1.54, 1.807) is 0 Å². The molecule has 0 saturated heterocycles. The molecule has 106 valence electrons. The molecule has 0 radical (unpaired) electrons. The molecular formula is C11H9BrF2N4O2. The van der Waals surface area contributed by atoms with Gasteiger partial charge < -0.3 is 10.4 Å². The van der Waals surface area contributed by atoms with Crippen LogP contribution in [0.25, 0.3) is 0 Å². The minimum absolute atomic E-state index is 0.130. The van der Waals surface area contributed by atoms with Crippen molar-refractivity contribution in [1.29, 1.82) is 0 Å². The summed E-state index contributed by atoms with van der Waals surface area (Å²) in [6.45, 7) is 0.549. The number of hydrogen-bond acceptors (Lipinski definition) is 4. The fourth-order valence-electron chi connectivity index (χ4n) is 1.51. The van der Waals surface area contributed by atoms with E-state index in [0.717, 1.165) is 12.1 Å². The molecule has 6 nitrogen and oxygen atoms in total. The standard InChI is InChI=1S/C11H9BrF2N4O2/c12-7-3-6(13)4-8(14)10(7)15-1-2-18-5-9(11(19)20)16-17-18/h3-5,15H,1-2H2,(H,19,20). The smallest absolute Gasteiger partial charge is 0.358 e. The highest BCUT2D eigenvalue weighted by Gasteiger charge is 2.10. The molecule has 1 heterocycles. The summed E-state index contributed by atoms with van der Waals surface area (Å²) in [7, 11) is 0. The normalized spacial score (nSPS) is 10.6. The van der Waals surface area contributed by atoms with E-state index in [2.05, 4.69) is 31.6 Å². The van der Waals surface area contributed by atoms with Gasteiger partial charge in [0.1, 0.15) is 11.6 Å². The number of anilines is 1. The summed E-state index contributed by atoms with van der Waals surface area (Å²) in [4.78, 5) is 10.6. The second-order valence-corrected chi connectivity index (χ2v) is 4.70. The van der Waals surface area contributed by atoms with Crippen molar-refractivity contribution in [3.8, 4) is 0 Å². The third kappa shape index (κ3) is 3.29. The van der Waals surface area contributed by atoms with Crippen LogP contribution in [0, 0.1) is 11.6 Å². The molecule has 0 spiro atoms. The number of benzene rings is 1. The molecule has 0 aliphatic heterocycles.